The van der Waals surface area contributed by atoms with Gasteiger partial charge in [0.15, 0.2) is 5.78 Å². The topological polar surface area (TPSA) is 63.6 Å². The minimum Gasteiger partial charge on any atom is -0.456 e. The van der Waals surface area contributed by atoms with Crippen molar-refractivity contribution in [1.82, 2.24) is 0 Å². The number of hydrogen-bond acceptors (Lipinski definition) is 4. The SMILES string of the molecule is CC.CC1=C(C)C(=O)OC(C(O)C2CCC3C4CC=C5CC=CC(=O)C5(C)C4CCC23C)C1. The second-order valence-electron chi connectivity index (χ2n) is 11.3. The summed E-state index contributed by atoms with van der Waals surface area (Å²) in [6.45, 7) is 12.3. The van der Waals surface area contributed by atoms with Crippen LogP contribution < -0.4 is 0 Å². The number of rotatable bonds is 2. The number of aliphatic hydroxyl groups excluding tert-OH is 1. The van der Waals surface area contributed by atoms with Crippen LogP contribution in [0.4, 0.5) is 0 Å². The van der Waals surface area contributed by atoms with Crippen LogP contribution in [0, 0.1) is 34.5 Å². The lowest BCUT2D eigenvalue weighted by atomic mass is 9.47. The van der Waals surface area contributed by atoms with Crippen LogP contribution in [0.1, 0.15) is 86.5 Å². The van der Waals surface area contributed by atoms with Crippen LogP contribution in [-0.2, 0) is 14.3 Å². The lowest BCUT2D eigenvalue weighted by Crippen LogP contribution is -2.53. The molecular formula is C29H42O4. The number of ether oxygens (including phenoxy) is 1. The lowest BCUT2D eigenvalue weighted by molar-refractivity contribution is -0.159. The molecule has 0 spiro atoms. The van der Waals surface area contributed by atoms with Crippen LogP contribution in [0.3, 0.4) is 0 Å². The minimum absolute atomic E-state index is 0.0341. The van der Waals surface area contributed by atoms with Crippen molar-refractivity contribution in [3.05, 3.63) is 34.9 Å². The Kier molecular flexibility index (Phi) is 6.54. The van der Waals surface area contributed by atoms with Gasteiger partial charge >= 0.3 is 5.97 Å². The first kappa shape index (κ1) is 24.4. The summed E-state index contributed by atoms with van der Waals surface area (Å²) >= 11 is 0. The van der Waals surface area contributed by atoms with Gasteiger partial charge in [-0.25, -0.2) is 4.79 Å². The Morgan fingerprint density at radius 1 is 1.09 bits per heavy atom. The largest absolute Gasteiger partial charge is 0.456 e. The number of fused-ring (bicyclic) bond motifs is 5. The first-order valence-electron chi connectivity index (χ1n) is 13.1. The third-order valence-electron chi connectivity index (χ3n) is 10.2. The summed E-state index contributed by atoms with van der Waals surface area (Å²) in [6, 6.07) is 0. The second kappa shape index (κ2) is 8.83. The number of ketones is 1. The van der Waals surface area contributed by atoms with Crippen molar-refractivity contribution in [3.8, 4) is 0 Å². The average Bonchev–Trinajstić information content (AvgIpc) is 3.16. The van der Waals surface area contributed by atoms with E-state index in [0.29, 0.717) is 29.7 Å². The highest BCUT2D eigenvalue weighted by atomic mass is 16.6. The first-order chi connectivity index (χ1) is 15.7. The number of hydrogen-bond donors (Lipinski definition) is 1. The fourth-order valence-electron chi connectivity index (χ4n) is 8.11. The molecular weight excluding hydrogens is 412 g/mol. The van der Waals surface area contributed by atoms with Gasteiger partial charge in [0.05, 0.1) is 11.5 Å². The summed E-state index contributed by atoms with van der Waals surface area (Å²) in [4.78, 5) is 25.3. The molecule has 0 saturated heterocycles. The maximum atomic E-state index is 13.0. The molecule has 4 heteroatoms. The van der Waals surface area contributed by atoms with Gasteiger partial charge in [-0.2, -0.15) is 0 Å². The Balaban J connectivity index is 0.00000126. The molecule has 8 unspecified atom stereocenters. The Bertz CT molecular complexity index is 911. The van der Waals surface area contributed by atoms with E-state index < -0.39 is 12.2 Å². The molecule has 0 amide bonds. The smallest absolute Gasteiger partial charge is 0.334 e. The Labute approximate surface area is 199 Å². The molecule has 0 aromatic carbocycles. The van der Waals surface area contributed by atoms with Gasteiger partial charge < -0.3 is 9.84 Å². The van der Waals surface area contributed by atoms with E-state index in [1.165, 1.54) is 5.57 Å². The molecule has 1 N–H and O–H groups in total. The van der Waals surface area contributed by atoms with E-state index in [1.807, 2.05) is 39.8 Å². The maximum absolute atomic E-state index is 13.0. The van der Waals surface area contributed by atoms with Crippen molar-refractivity contribution >= 4 is 11.8 Å². The van der Waals surface area contributed by atoms with Gasteiger partial charge in [0.1, 0.15) is 6.10 Å². The van der Waals surface area contributed by atoms with E-state index in [0.717, 1.165) is 44.1 Å². The molecule has 0 bridgehead atoms. The van der Waals surface area contributed by atoms with Crippen molar-refractivity contribution in [3.63, 3.8) is 0 Å². The molecule has 2 fully saturated rings. The number of cyclic esters (lactones) is 1. The summed E-state index contributed by atoms with van der Waals surface area (Å²) in [5, 5.41) is 11.4. The molecule has 5 rings (SSSR count). The van der Waals surface area contributed by atoms with Crippen LogP contribution in [0.2, 0.25) is 0 Å². The predicted octanol–water partition coefficient (Wildman–Crippen LogP) is 5.95. The zero-order valence-electron chi connectivity index (χ0n) is 21.3. The Morgan fingerprint density at radius 3 is 2.52 bits per heavy atom. The van der Waals surface area contributed by atoms with Gasteiger partial charge in [0.25, 0.3) is 0 Å². The van der Waals surface area contributed by atoms with Gasteiger partial charge in [0.2, 0.25) is 0 Å². The van der Waals surface area contributed by atoms with Gasteiger partial charge in [-0.05, 0) is 94.5 Å². The fourth-order valence-corrected chi connectivity index (χ4v) is 8.11. The zero-order valence-corrected chi connectivity index (χ0v) is 21.3. The monoisotopic (exact) mass is 454 g/mol. The highest BCUT2D eigenvalue weighted by Crippen LogP contribution is 2.66. The van der Waals surface area contributed by atoms with Crippen LogP contribution in [-0.4, -0.2) is 29.1 Å². The molecule has 33 heavy (non-hydrogen) atoms. The number of carbonyl (C=O) groups is 2. The molecule has 4 nitrogen and oxygen atoms in total. The summed E-state index contributed by atoms with van der Waals surface area (Å²) in [5.74, 6) is 1.55. The van der Waals surface area contributed by atoms with Crippen molar-refractivity contribution in [2.24, 2.45) is 34.5 Å². The molecule has 4 aliphatic carbocycles. The van der Waals surface area contributed by atoms with Crippen LogP contribution >= 0.6 is 0 Å². The number of carbonyl (C=O) groups excluding carboxylic acids is 2. The van der Waals surface area contributed by atoms with E-state index in [4.69, 9.17) is 4.74 Å². The third-order valence-corrected chi connectivity index (χ3v) is 10.2. The zero-order chi connectivity index (χ0) is 24.1. The highest BCUT2D eigenvalue weighted by molar-refractivity contribution is 5.98. The van der Waals surface area contributed by atoms with E-state index in [1.54, 1.807) is 0 Å². The minimum atomic E-state index is -0.622. The van der Waals surface area contributed by atoms with Crippen molar-refractivity contribution in [1.29, 1.82) is 0 Å². The molecule has 1 aliphatic heterocycles. The van der Waals surface area contributed by atoms with Gasteiger partial charge in [-0.1, -0.05) is 44.1 Å². The normalized spacial score (nSPS) is 42.9. The summed E-state index contributed by atoms with van der Waals surface area (Å²) in [7, 11) is 0. The van der Waals surface area contributed by atoms with Crippen LogP contribution in [0.5, 0.6) is 0 Å². The average molecular weight is 455 g/mol. The van der Waals surface area contributed by atoms with Crippen molar-refractivity contribution < 1.29 is 19.4 Å². The highest BCUT2D eigenvalue weighted by Gasteiger charge is 2.61. The second-order valence-corrected chi connectivity index (χ2v) is 11.3. The number of allylic oxidation sites excluding steroid dienone is 4. The maximum Gasteiger partial charge on any atom is 0.334 e. The Hall–Kier alpha value is -1.68. The van der Waals surface area contributed by atoms with E-state index in [2.05, 4.69) is 19.9 Å². The lowest BCUT2D eigenvalue weighted by Gasteiger charge is -2.56. The third kappa shape index (κ3) is 3.59. The summed E-state index contributed by atoms with van der Waals surface area (Å²) in [6.07, 6.45) is 11.9. The predicted molar refractivity (Wildman–Crippen MR) is 130 cm³/mol. The number of esters is 1. The molecule has 2 saturated carbocycles. The first-order valence-corrected chi connectivity index (χ1v) is 13.1. The molecule has 0 aromatic heterocycles. The van der Waals surface area contributed by atoms with Crippen LogP contribution in [0.25, 0.3) is 0 Å². The van der Waals surface area contributed by atoms with Crippen molar-refractivity contribution in [2.45, 2.75) is 98.7 Å². The molecule has 0 radical (unpaired) electrons. The Morgan fingerprint density at radius 2 is 1.82 bits per heavy atom. The molecule has 0 aromatic rings. The number of aliphatic hydroxyl groups is 1. The molecule has 1 heterocycles. The molecule has 5 aliphatic rings. The standard InChI is InChI=1S/C27H36O4.C2H6/c1-15-14-22(31-25(30)16(15)2)24(29)21-11-10-19-18-9-8-17-6-5-7-23(28)27(17,4)20(18)12-13-26(19,21)3;1-2/h5,7-8,18-22,24,29H,6,9-14H2,1-4H3;1-2H3. The van der Waals surface area contributed by atoms with Crippen molar-refractivity contribution in [2.75, 3.05) is 0 Å². The van der Waals surface area contributed by atoms with Gasteiger partial charge in [-0.3, -0.25) is 4.79 Å². The summed E-state index contributed by atoms with van der Waals surface area (Å²) < 4.78 is 5.67. The quantitative estimate of drug-likeness (QED) is 0.414. The van der Waals surface area contributed by atoms with E-state index in [-0.39, 0.29) is 28.5 Å². The van der Waals surface area contributed by atoms with Gasteiger partial charge in [-0.15, -0.1) is 0 Å². The fraction of sp³-hybridized carbons (Fsp3) is 0.724. The van der Waals surface area contributed by atoms with E-state index in [9.17, 15) is 14.7 Å². The summed E-state index contributed by atoms with van der Waals surface area (Å²) in [5.41, 5.74) is 2.74. The van der Waals surface area contributed by atoms with Crippen LogP contribution in [0.15, 0.2) is 34.9 Å². The molecule has 8 atom stereocenters. The molecule has 182 valence electrons. The van der Waals surface area contributed by atoms with E-state index >= 15 is 0 Å². The van der Waals surface area contributed by atoms with Gasteiger partial charge in [0, 0.05) is 12.0 Å².